The number of ether oxygens (including phenoxy) is 1. The van der Waals surface area contributed by atoms with Crippen molar-refractivity contribution in [3.63, 3.8) is 0 Å². The monoisotopic (exact) mass is 469 g/mol. The highest BCUT2D eigenvalue weighted by Crippen LogP contribution is 2.38. The molecule has 1 aliphatic heterocycles. The first-order valence-electron chi connectivity index (χ1n) is 10.7. The molecule has 2 aromatic rings. The molecule has 1 aliphatic carbocycles. The van der Waals surface area contributed by atoms with E-state index in [1.807, 2.05) is 42.5 Å². The Morgan fingerprint density at radius 3 is 2.67 bits per heavy atom. The lowest BCUT2D eigenvalue weighted by atomic mass is 9.88. The van der Waals surface area contributed by atoms with Crippen LogP contribution in [0.2, 0.25) is 0 Å². The lowest BCUT2D eigenvalue weighted by Crippen LogP contribution is -2.52. The summed E-state index contributed by atoms with van der Waals surface area (Å²) in [6.07, 6.45) is 11.5. The van der Waals surface area contributed by atoms with Gasteiger partial charge < -0.3 is 4.74 Å². The second-order valence-corrected chi connectivity index (χ2v) is 10.3. The molecule has 1 aromatic carbocycles. The van der Waals surface area contributed by atoms with E-state index < -0.39 is 20.7 Å². The molecule has 4 rings (SSSR count). The zero-order valence-electron chi connectivity index (χ0n) is 18.1. The number of hydroxylamine groups is 1. The number of hydrogen-bond donors (Lipinski definition) is 2. The number of carbonyl (C=O) groups excluding carboxylic acids is 1. The van der Waals surface area contributed by atoms with Gasteiger partial charge in [0.1, 0.15) is 4.75 Å². The highest BCUT2D eigenvalue weighted by Gasteiger charge is 2.46. The Bertz CT molecular complexity index is 1180. The summed E-state index contributed by atoms with van der Waals surface area (Å²) in [6.45, 7) is 2.84. The number of carbonyl (C=O) groups is 1. The first-order chi connectivity index (χ1) is 15.9. The van der Waals surface area contributed by atoms with Gasteiger partial charge in [-0.05, 0) is 35.3 Å². The van der Waals surface area contributed by atoms with Crippen LogP contribution in [-0.4, -0.2) is 66.0 Å². The van der Waals surface area contributed by atoms with Crippen molar-refractivity contribution in [3.05, 3.63) is 84.2 Å². The molecule has 9 heteroatoms. The Morgan fingerprint density at radius 1 is 1.18 bits per heavy atom. The molecular weight excluding hydrogens is 442 g/mol. The van der Waals surface area contributed by atoms with Crippen LogP contribution in [0, 0.1) is 0 Å². The topological polar surface area (TPSA) is 101 Å². The van der Waals surface area contributed by atoms with E-state index in [-0.39, 0.29) is 0 Å². The fraction of sp³-hybridized carbons (Fsp3) is 0.292. The first kappa shape index (κ1) is 23.2. The van der Waals surface area contributed by atoms with E-state index in [0.29, 0.717) is 44.8 Å². The molecule has 2 heterocycles. The van der Waals surface area contributed by atoms with Crippen LogP contribution in [-0.2, 0) is 19.6 Å². The van der Waals surface area contributed by atoms with Crippen molar-refractivity contribution in [2.45, 2.75) is 11.2 Å². The molecule has 1 saturated heterocycles. The largest absolute Gasteiger partial charge is 0.379 e. The standard InChI is InChI=1S/C24H27N3O5S/c28-23(25-29)9-8-20-10-12-27(18-20)33(30,31)24(19-26-13-15-32-16-14-26)11-4-7-22(17-24)21-5-2-1-3-6-21/h1-12,18,29H,13-17,19H2,(H,25,28). The molecule has 1 amide bonds. The van der Waals surface area contributed by atoms with Gasteiger partial charge in [0, 0.05) is 38.1 Å². The normalized spacial score (nSPS) is 21.8. The number of hydrogen-bond acceptors (Lipinski definition) is 6. The second-order valence-electron chi connectivity index (χ2n) is 8.14. The van der Waals surface area contributed by atoms with Gasteiger partial charge in [0.05, 0.1) is 13.2 Å². The van der Waals surface area contributed by atoms with Crippen LogP contribution < -0.4 is 5.48 Å². The molecular formula is C24H27N3O5S. The average molecular weight is 470 g/mol. The van der Waals surface area contributed by atoms with Gasteiger partial charge in [0.15, 0.2) is 0 Å². The van der Waals surface area contributed by atoms with Gasteiger partial charge in [-0.3, -0.25) is 18.9 Å². The molecule has 1 unspecified atom stereocenters. The Morgan fingerprint density at radius 2 is 1.94 bits per heavy atom. The molecule has 0 bridgehead atoms. The second kappa shape index (κ2) is 9.88. The Balaban J connectivity index is 1.69. The fourth-order valence-corrected chi connectivity index (χ4v) is 6.03. The lowest BCUT2D eigenvalue weighted by molar-refractivity contribution is -0.124. The van der Waals surface area contributed by atoms with Crippen molar-refractivity contribution in [1.82, 2.24) is 14.4 Å². The van der Waals surface area contributed by atoms with Crippen molar-refractivity contribution in [3.8, 4) is 0 Å². The molecule has 1 aromatic heterocycles. The molecule has 0 spiro atoms. The van der Waals surface area contributed by atoms with Gasteiger partial charge in [-0.25, -0.2) is 13.9 Å². The summed E-state index contributed by atoms with van der Waals surface area (Å²) >= 11 is 0. The van der Waals surface area contributed by atoms with Gasteiger partial charge in [0.25, 0.3) is 5.91 Å². The van der Waals surface area contributed by atoms with Crippen molar-refractivity contribution in [2.24, 2.45) is 0 Å². The number of benzene rings is 1. The number of amides is 1. The SMILES string of the molecule is O=C(C=Cc1ccn(S(=O)(=O)C2(CN3CCOCC3)C=CC=C(c3ccccc3)C2)c1)NO. The minimum atomic E-state index is -3.86. The number of morpholine rings is 1. The highest BCUT2D eigenvalue weighted by molar-refractivity contribution is 7.91. The van der Waals surface area contributed by atoms with E-state index in [1.165, 1.54) is 27.9 Å². The van der Waals surface area contributed by atoms with Crippen LogP contribution >= 0.6 is 0 Å². The summed E-state index contributed by atoms with van der Waals surface area (Å²) in [5.74, 6) is -0.692. The zero-order valence-corrected chi connectivity index (χ0v) is 18.9. The van der Waals surface area contributed by atoms with E-state index in [9.17, 15) is 13.2 Å². The Hall–Kier alpha value is -2.98. The number of nitrogens with one attached hydrogen (secondary N) is 1. The van der Waals surface area contributed by atoms with E-state index in [4.69, 9.17) is 9.94 Å². The third-order valence-electron chi connectivity index (χ3n) is 5.95. The molecule has 1 fully saturated rings. The summed E-state index contributed by atoms with van der Waals surface area (Å²) in [5.41, 5.74) is 4.00. The average Bonchev–Trinajstić information content (AvgIpc) is 3.34. The number of aromatic nitrogens is 1. The lowest BCUT2D eigenvalue weighted by Gasteiger charge is -2.39. The maximum absolute atomic E-state index is 14.1. The number of nitrogens with zero attached hydrogens (tertiary/aromatic N) is 2. The van der Waals surface area contributed by atoms with Crippen molar-refractivity contribution < 1.29 is 23.2 Å². The third-order valence-corrected chi connectivity index (χ3v) is 8.16. The molecule has 1 atom stereocenters. The predicted octanol–water partition coefficient (Wildman–Crippen LogP) is 2.30. The summed E-state index contributed by atoms with van der Waals surface area (Å²) < 4.78 is 33.6. The minimum absolute atomic E-state index is 0.337. The summed E-state index contributed by atoms with van der Waals surface area (Å²) in [7, 11) is -3.86. The van der Waals surface area contributed by atoms with Gasteiger partial charge in [-0.1, -0.05) is 48.6 Å². The first-order valence-corrected chi connectivity index (χ1v) is 12.2. The van der Waals surface area contributed by atoms with E-state index in [1.54, 1.807) is 12.1 Å². The smallest absolute Gasteiger partial charge is 0.267 e. The predicted molar refractivity (Wildman–Crippen MR) is 126 cm³/mol. The maximum atomic E-state index is 14.1. The van der Waals surface area contributed by atoms with E-state index in [2.05, 4.69) is 4.90 Å². The quantitative estimate of drug-likeness (QED) is 0.367. The summed E-state index contributed by atoms with van der Waals surface area (Å²) in [5, 5.41) is 8.65. The van der Waals surface area contributed by atoms with Crippen molar-refractivity contribution >= 4 is 27.6 Å². The van der Waals surface area contributed by atoms with Crippen LogP contribution in [0.5, 0.6) is 0 Å². The molecule has 8 nitrogen and oxygen atoms in total. The molecule has 0 saturated carbocycles. The number of allylic oxidation sites excluding steroid dienone is 3. The van der Waals surface area contributed by atoms with Crippen LogP contribution in [0.1, 0.15) is 17.5 Å². The highest BCUT2D eigenvalue weighted by atomic mass is 32.2. The maximum Gasteiger partial charge on any atom is 0.267 e. The Labute approximate surface area is 193 Å². The summed E-state index contributed by atoms with van der Waals surface area (Å²) in [6, 6.07) is 11.4. The van der Waals surface area contributed by atoms with Crippen LogP contribution in [0.25, 0.3) is 11.6 Å². The van der Waals surface area contributed by atoms with E-state index >= 15 is 0 Å². The van der Waals surface area contributed by atoms with Gasteiger partial charge in [0.2, 0.25) is 10.0 Å². The van der Waals surface area contributed by atoms with Crippen LogP contribution in [0.15, 0.2) is 73.1 Å². The van der Waals surface area contributed by atoms with Gasteiger partial charge in [-0.2, -0.15) is 0 Å². The minimum Gasteiger partial charge on any atom is -0.379 e. The molecule has 2 N–H and O–H groups in total. The third kappa shape index (κ3) is 5.01. The fourth-order valence-electron chi connectivity index (χ4n) is 4.20. The zero-order chi connectivity index (χ0) is 23.3. The van der Waals surface area contributed by atoms with Crippen LogP contribution in [0.4, 0.5) is 0 Å². The van der Waals surface area contributed by atoms with Crippen molar-refractivity contribution in [2.75, 3.05) is 32.8 Å². The molecule has 174 valence electrons. The Kier molecular flexibility index (Phi) is 6.94. The van der Waals surface area contributed by atoms with Crippen LogP contribution in [0.3, 0.4) is 0 Å². The summed E-state index contributed by atoms with van der Waals surface area (Å²) in [4.78, 5) is 13.4. The van der Waals surface area contributed by atoms with Crippen molar-refractivity contribution in [1.29, 1.82) is 0 Å². The molecule has 33 heavy (non-hydrogen) atoms. The molecule has 0 radical (unpaired) electrons. The van der Waals surface area contributed by atoms with E-state index in [0.717, 1.165) is 17.2 Å². The van der Waals surface area contributed by atoms with Gasteiger partial charge >= 0.3 is 0 Å². The number of rotatable bonds is 7. The molecule has 2 aliphatic rings. The van der Waals surface area contributed by atoms with Gasteiger partial charge in [-0.15, -0.1) is 0 Å².